The lowest BCUT2D eigenvalue weighted by Gasteiger charge is -2.12. The molecular weight excluding hydrogens is 200 g/mol. The van der Waals surface area contributed by atoms with Crippen LogP contribution in [0.3, 0.4) is 0 Å². The van der Waals surface area contributed by atoms with E-state index in [-0.39, 0.29) is 6.10 Å². The third-order valence-electron chi connectivity index (χ3n) is 3.13. The maximum Gasteiger partial charge on any atom is 0.125 e. The molecule has 1 aliphatic rings. The van der Waals surface area contributed by atoms with E-state index in [2.05, 4.69) is 19.1 Å². The van der Waals surface area contributed by atoms with Gasteiger partial charge in [-0.05, 0) is 43.4 Å². The Hall–Kier alpha value is -1.02. The minimum atomic E-state index is -0.348. The molecule has 1 aliphatic heterocycles. The molecule has 1 aromatic rings. The molecular formula is C14H20O2. The summed E-state index contributed by atoms with van der Waals surface area (Å²) in [5.74, 6) is 0.866. The number of ether oxygens (including phenoxy) is 1. The van der Waals surface area contributed by atoms with E-state index >= 15 is 0 Å². The third-order valence-corrected chi connectivity index (χ3v) is 3.13. The van der Waals surface area contributed by atoms with E-state index in [9.17, 15) is 5.11 Å². The lowest BCUT2D eigenvalue weighted by Crippen LogP contribution is -1.98. The van der Waals surface area contributed by atoms with Crippen molar-refractivity contribution in [3.8, 4) is 5.75 Å². The van der Waals surface area contributed by atoms with Gasteiger partial charge in [-0.3, -0.25) is 0 Å². The molecule has 0 bridgehead atoms. The fourth-order valence-corrected chi connectivity index (χ4v) is 2.14. The van der Waals surface area contributed by atoms with Crippen LogP contribution in [0.4, 0.5) is 0 Å². The predicted octanol–water partition coefficient (Wildman–Crippen LogP) is 3.24. The van der Waals surface area contributed by atoms with Crippen molar-refractivity contribution in [3.05, 3.63) is 29.3 Å². The van der Waals surface area contributed by atoms with Crippen LogP contribution in [-0.2, 0) is 6.42 Å². The number of hydrogen-bond acceptors (Lipinski definition) is 2. The van der Waals surface area contributed by atoms with Crippen molar-refractivity contribution >= 4 is 0 Å². The Bertz CT molecular complexity index is 347. The summed E-state index contributed by atoms with van der Waals surface area (Å²) in [6, 6.07) is 6.24. The molecule has 0 fully saturated rings. The summed E-state index contributed by atoms with van der Waals surface area (Å²) in [4.78, 5) is 0. The molecule has 0 amide bonds. The van der Waals surface area contributed by atoms with E-state index in [0.29, 0.717) is 0 Å². The average molecular weight is 220 g/mol. The Kier molecular flexibility index (Phi) is 3.83. The van der Waals surface area contributed by atoms with Crippen molar-refractivity contribution in [2.75, 3.05) is 6.61 Å². The van der Waals surface area contributed by atoms with E-state index in [1.54, 1.807) is 0 Å². The number of rotatable bonds is 3. The molecule has 0 unspecified atom stereocenters. The highest BCUT2D eigenvalue weighted by atomic mass is 16.5. The topological polar surface area (TPSA) is 29.5 Å². The summed E-state index contributed by atoms with van der Waals surface area (Å²) in [6.45, 7) is 2.92. The molecule has 2 heteroatoms. The number of aliphatic hydroxyl groups is 1. The summed E-state index contributed by atoms with van der Waals surface area (Å²) >= 11 is 0. The van der Waals surface area contributed by atoms with Gasteiger partial charge in [-0.25, -0.2) is 0 Å². The van der Waals surface area contributed by atoms with Gasteiger partial charge in [0.2, 0.25) is 0 Å². The second-order valence-electron chi connectivity index (χ2n) is 4.48. The van der Waals surface area contributed by atoms with Gasteiger partial charge in [0, 0.05) is 5.56 Å². The van der Waals surface area contributed by atoms with Gasteiger partial charge < -0.3 is 9.84 Å². The molecule has 1 aromatic carbocycles. The second-order valence-corrected chi connectivity index (χ2v) is 4.48. The van der Waals surface area contributed by atoms with Crippen LogP contribution < -0.4 is 4.74 Å². The monoisotopic (exact) mass is 220 g/mol. The van der Waals surface area contributed by atoms with Gasteiger partial charge in [0.1, 0.15) is 5.75 Å². The maximum absolute atomic E-state index is 10.0. The summed E-state index contributed by atoms with van der Waals surface area (Å²) in [6.07, 6.45) is 4.89. The largest absolute Gasteiger partial charge is 0.493 e. The Morgan fingerprint density at radius 2 is 2.31 bits per heavy atom. The van der Waals surface area contributed by atoms with E-state index < -0.39 is 0 Å². The highest BCUT2D eigenvalue weighted by molar-refractivity contribution is 5.39. The number of aliphatic hydroxyl groups excluding tert-OH is 1. The first-order chi connectivity index (χ1) is 7.81. The fourth-order valence-electron chi connectivity index (χ4n) is 2.14. The van der Waals surface area contributed by atoms with Crippen molar-refractivity contribution < 1.29 is 9.84 Å². The van der Waals surface area contributed by atoms with Crippen LogP contribution in [0.15, 0.2) is 18.2 Å². The van der Waals surface area contributed by atoms with E-state index in [1.807, 2.05) is 6.07 Å². The first-order valence-electron chi connectivity index (χ1n) is 6.25. The van der Waals surface area contributed by atoms with E-state index in [0.717, 1.165) is 37.2 Å². The molecule has 0 spiro atoms. The predicted molar refractivity (Wildman–Crippen MR) is 64.7 cm³/mol. The highest BCUT2D eigenvalue weighted by Gasteiger charge is 2.17. The minimum Gasteiger partial charge on any atom is -0.493 e. The van der Waals surface area contributed by atoms with Crippen LogP contribution in [0.1, 0.15) is 49.8 Å². The molecule has 1 heterocycles. The molecule has 2 rings (SSSR count). The molecule has 0 aromatic heterocycles. The number of aryl methyl sites for hydroxylation is 1. The zero-order chi connectivity index (χ0) is 11.4. The van der Waals surface area contributed by atoms with E-state index in [4.69, 9.17) is 4.74 Å². The Balaban J connectivity index is 2.21. The number of benzene rings is 1. The van der Waals surface area contributed by atoms with Crippen LogP contribution in [-0.4, -0.2) is 11.7 Å². The quantitative estimate of drug-likeness (QED) is 0.847. The standard InChI is InChI=1S/C14H20O2/c1-2-3-5-11-7-8-14-12(10-11)13(15)6-4-9-16-14/h7-8,10,13,15H,2-6,9H2,1H3/t13-/m1/s1. The second kappa shape index (κ2) is 5.35. The minimum absolute atomic E-state index is 0.348. The molecule has 0 aliphatic carbocycles. The number of hydrogen-bond donors (Lipinski definition) is 1. The van der Waals surface area contributed by atoms with Gasteiger partial charge in [0.15, 0.2) is 0 Å². The fraction of sp³-hybridized carbons (Fsp3) is 0.571. The molecule has 1 atom stereocenters. The van der Waals surface area contributed by atoms with Crippen LogP contribution in [0.2, 0.25) is 0 Å². The Morgan fingerprint density at radius 3 is 3.12 bits per heavy atom. The normalized spacial score (nSPS) is 19.8. The lowest BCUT2D eigenvalue weighted by atomic mass is 10.00. The first-order valence-corrected chi connectivity index (χ1v) is 6.25. The molecule has 2 nitrogen and oxygen atoms in total. The SMILES string of the molecule is CCCCc1ccc2c(c1)[C@H](O)CCCO2. The Labute approximate surface area is 97.3 Å². The van der Waals surface area contributed by atoms with Gasteiger partial charge in [0.05, 0.1) is 12.7 Å². The van der Waals surface area contributed by atoms with Gasteiger partial charge in [-0.15, -0.1) is 0 Å². The van der Waals surface area contributed by atoms with Gasteiger partial charge in [-0.2, -0.15) is 0 Å². The van der Waals surface area contributed by atoms with Crippen molar-refractivity contribution in [1.82, 2.24) is 0 Å². The molecule has 16 heavy (non-hydrogen) atoms. The molecule has 0 saturated heterocycles. The van der Waals surface area contributed by atoms with E-state index in [1.165, 1.54) is 18.4 Å². The number of unbranched alkanes of at least 4 members (excludes halogenated alkanes) is 1. The van der Waals surface area contributed by atoms with Gasteiger partial charge >= 0.3 is 0 Å². The van der Waals surface area contributed by atoms with Crippen molar-refractivity contribution in [3.63, 3.8) is 0 Å². The molecule has 0 saturated carbocycles. The van der Waals surface area contributed by atoms with Crippen LogP contribution >= 0.6 is 0 Å². The van der Waals surface area contributed by atoms with Crippen LogP contribution in [0.25, 0.3) is 0 Å². The lowest BCUT2D eigenvalue weighted by molar-refractivity contribution is 0.167. The first kappa shape index (κ1) is 11.5. The smallest absolute Gasteiger partial charge is 0.125 e. The summed E-state index contributed by atoms with van der Waals surface area (Å²) in [5, 5.41) is 10.0. The maximum atomic E-state index is 10.0. The van der Waals surface area contributed by atoms with Crippen molar-refractivity contribution in [1.29, 1.82) is 0 Å². The highest BCUT2D eigenvalue weighted by Crippen LogP contribution is 2.32. The van der Waals surface area contributed by atoms with Crippen LogP contribution in [0.5, 0.6) is 5.75 Å². The van der Waals surface area contributed by atoms with Gasteiger partial charge in [-0.1, -0.05) is 19.4 Å². The summed E-state index contributed by atoms with van der Waals surface area (Å²) in [5.41, 5.74) is 2.29. The zero-order valence-corrected chi connectivity index (χ0v) is 9.91. The summed E-state index contributed by atoms with van der Waals surface area (Å²) in [7, 11) is 0. The molecule has 88 valence electrons. The van der Waals surface area contributed by atoms with Crippen LogP contribution in [0, 0.1) is 0 Å². The van der Waals surface area contributed by atoms with Crippen molar-refractivity contribution in [2.24, 2.45) is 0 Å². The number of fused-ring (bicyclic) bond motifs is 1. The molecule has 1 N–H and O–H groups in total. The summed E-state index contributed by atoms with van der Waals surface area (Å²) < 4.78 is 5.62. The third kappa shape index (κ3) is 2.56. The average Bonchev–Trinajstić information content (AvgIpc) is 2.49. The van der Waals surface area contributed by atoms with Crippen molar-refractivity contribution in [2.45, 2.75) is 45.1 Å². The van der Waals surface area contributed by atoms with Gasteiger partial charge in [0.25, 0.3) is 0 Å². The Morgan fingerprint density at radius 1 is 1.44 bits per heavy atom. The zero-order valence-electron chi connectivity index (χ0n) is 9.91. The molecule has 0 radical (unpaired) electrons.